The van der Waals surface area contributed by atoms with Crippen LogP contribution in [0.3, 0.4) is 0 Å². The fraction of sp³-hybridized carbons (Fsp3) is 0.833. The Kier molecular flexibility index (Phi) is 4.24. The molecule has 0 aliphatic heterocycles. The van der Waals surface area contributed by atoms with E-state index in [2.05, 4.69) is 13.0 Å². The van der Waals surface area contributed by atoms with E-state index in [4.69, 9.17) is 9.29 Å². The van der Waals surface area contributed by atoms with Crippen molar-refractivity contribution in [2.45, 2.75) is 50.5 Å². The zero-order valence-electron chi connectivity index (χ0n) is 14.9. The second-order valence-electron chi connectivity index (χ2n) is 8.75. The van der Waals surface area contributed by atoms with Crippen LogP contribution in [0, 0.1) is 35.0 Å². The summed E-state index contributed by atoms with van der Waals surface area (Å²) in [5.41, 5.74) is 0.134. The molecule has 0 aromatic rings. The van der Waals surface area contributed by atoms with Crippen LogP contribution in [0.4, 0.5) is 13.2 Å². The number of carbonyl (C=O) groups excluding carboxylic acids is 1. The Morgan fingerprint density at radius 1 is 1.37 bits per heavy atom. The molecule has 5 rings (SSSR count). The monoisotopic (exact) mass is 408 g/mol. The summed E-state index contributed by atoms with van der Waals surface area (Å²) >= 11 is 0. The third-order valence-corrected chi connectivity index (χ3v) is 8.08. The normalized spacial score (nSPS) is 41.2. The van der Waals surface area contributed by atoms with E-state index in [9.17, 15) is 26.4 Å². The van der Waals surface area contributed by atoms with E-state index in [0.717, 1.165) is 31.3 Å². The average molecular weight is 408 g/mol. The molecule has 5 aliphatic rings. The predicted octanol–water partition coefficient (Wildman–Crippen LogP) is 3.37. The van der Waals surface area contributed by atoms with Crippen molar-refractivity contribution in [1.82, 2.24) is 0 Å². The summed E-state index contributed by atoms with van der Waals surface area (Å²) in [7, 11) is -5.93. The van der Waals surface area contributed by atoms with Gasteiger partial charge in [-0.3, -0.25) is 9.35 Å². The summed E-state index contributed by atoms with van der Waals surface area (Å²) in [5, 5.41) is -5.02. The van der Waals surface area contributed by atoms with Crippen molar-refractivity contribution < 1.29 is 35.7 Å². The first-order valence-electron chi connectivity index (χ1n) is 9.35. The van der Waals surface area contributed by atoms with Gasteiger partial charge < -0.3 is 4.74 Å². The summed E-state index contributed by atoms with van der Waals surface area (Å²) in [4.78, 5) is 13.0. The molecule has 0 aromatic heterocycles. The maximum Gasteiger partial charge on any atom is 0.403 e. The van der Waals surface area contributed by atoms with E-state index in [0.29, 0.717) is 24.2 Å². The van der Waals surface area contributed by atoms with E-state index >= 15 is 0 Å². The van der Waals surface area contributed by atoms with Crippen molar-refractivity contribution in [2.24, 2.45) is 35.0 Å². The largest absolute Gasteiger partial charge is 0.462 e. The zero-order valence-corrected chi connectivity index (χ0v) is 15.7. The topological polar surface area (TPSA) is 80.7 Å². The Hall–Kier alpha value is -1.09. The molecule has 7 unspecified atom stereocenters. The quantitative estimate of drug-likeness (QED) is 0.429. The van der Waals surface area contributed by atoms with Crippen LogP contribution in [-0.2, 0) is 19.6 Å². The lowest BCUT2D eigenvalue weighted by Crippen LogP contribution is -2.60. The second-order valence-corrected chi connectivity index (χ2v) is 10.2. The van der Waals surface area contributed by atoms with Crippen LogP contribution in [0.25, 0.3) is 0 Å². The van der Waals surface area contributed by atoms with Crippen molar-refractivity contribution in [3.63, 3.8) is 0 Å². The number of allylic oxidation sites excluding steroid dienone is 1. The number of rotatable bonds is 5. The number of carbonyl (C=O) groups is 1. The molecule has 6 bridgehead atoms. The molecule has 0 amide bonds. The van der Waals surface area contributed by atoms with Gasteiger partial charge in [-0.05, 0) is 61.7 Å². The van der Waals surface area contributed by atoms with E-state index in [1.165, 1.54) is 0 Å². The number of alkyl halides is 3. The molecule has 4 saturated carbocycles. The summed E-state index contributed by atoms with van der Waals surface area (Å²) in [5.74, 6) is 0.712. The molecule has 5 nitrogen and oxygen atoms in total. The first kappa shape index (κ1) is 19.2. The summed E-state index contributed by atoms with van der Waals surface area (Å²) in [6, 6.07) is 0. The molecule has 0 heterocycles. The van der Waals surface area contributed by atoms with Crippen LogP contribution in [0.5, 0.6) is 0 Å². The first-order valence-corrected chi connectivity index (χ1v) is 10.8. The number of ether oxygens (including phenoxy) is 1. The molecule has 7 atom stereocenters. The maximum atomic E-state index is 13.8. The Bertz CT molecular complexity index is 795. The Morgan fingerprint density at radius 3 is 2.74 bits per heavy atom. The molecule has 1 N–H and O–H groups in total. The number of hydrogen-bond acceptors (Lipinski definition) is 4. The minimum Gasteiger partial charge on any atom is -0.462 e. The highest BCUT2D eigenvalue weighted by Gasteiger charge is 2.65. The van der Waals surface area contributed by atoms with Crippen molar-refractivity contribution in [1.29, 1.82) is 0 Å². The molecule has 0 radical (unpaired) electrons. The number of halogens is 3. The average Bonchev–Trinajstić information content (AvgIpc) is 2.57. The van der Waals surface area contributed by atoms with Crippen molar-refractivity contribution in [2.75, 3.05) is 6.61 Å². The van der Waals surface area contributed by atoms with Gasteiger partial charge in [-0.15, -0.1) is 0 Å². The molecule has 0 aromatic carbocycles. The van der Waals surface area contributed by atoms with Crippen molar-refractivity contribution >= 4 is 16.1 Å². The molecule has 0 saturated heterocycles. The SMILES string of the molecule is CC1C=C2C3CC4CC(C3)C(C1)C2(C(=O)OCC(F)C(F)(F)S(=O)(=O)O)C4. The van der Waals surface area contributed by atoms with Crippen LogP contribution >= 0.6 is 0 Å². The highest BCUT2D eigenvalue weighted by Crippen LogP contribution is 2.68. The standard InChI is InChI=1S/C18H23F3O5S/c1-9-2-13-11-4-10-5-12(6-11)14(3-9)17(13,7-10)16(22)26-8-15(19)18(20,21)27(23,24)25/h2,9-12,14-15H,3-8H2,1H3,(H,23,24,25). The van der Waals surface area contributed by atoms with Crippen LogP contribution in [-0.4, -0.2) is 37.0 Å². The molecule has 5 aliphatic carbocycles. The Morgan fingerprint density at radius 2 is 2.07 bits per heavy atom. The molecule has 152 valence electrons. The van der Waals surface area contributed by atoms with Gasteiger partial charge in [0.05, 0.1) is 5.41 Å². The number of esters is 1. The second kappa shape index (κ2) is 5.95. The van der Waals surface area contributed by atoms with Crippen LogP contribution in [0.1, 0.15) is 39.0 Å². The molecule has 4 fully saturated rings. The molecular weight excluding hydrogens is 385 g/mol. The first-order chi connectivity index (χ1) is 12.5. The molecule has 9 heteroatoms. The Balaban J connectivity index is 1.58. The highest BCUT2D eigenvalue weighted by atomic mass is 32.2. The van der Waals surface area contributed by atoms with E-state index in [-0.39, 0.29) is 11.8 Å². The molecule has 27 heavy (non-hydrogen) atoms. The van der Waals surface area contributed by atoms with Crippen LogP contribution < -0.4 is 0 Å². The number of hydrogen-bond donors (Lipinski definition) is 1. The van der Waals surface area contributed by atoms with Gasteiger partial charge in [0.2, 0.25) is 6.17 Å². The van der Waals surface area contributed by atoms with Crippen LogP contribution in [0.2, 0.25) is 0 Å². The van der Waals surface area contributed by atoms with Gasteiger partial charge in [0.25, 0.3) is 0 Å². The molecular formula is C18H23F3O5S. The van der Waals surface area contributed by atoms with Gasteiger partial charge in [0.1, 0.15) is 6.61 Å². The summed E-state index contributed by atoms with van der Waals surface area (Å²) in [6.07, 6.45) is 3.28. The van der Waals surface area contributed by atoms with E-state index < -0.39 is 39.5 Å². The highest BCUT2D eigenvalue weighted by molar-refractivity contribution is 7.86. The fourth-order valence-corrected chi connectivity index (χ4v) is 6.67. The zero-order chi connectivity index (χ0) is 19.8. The van der Waals surface area contributed by atoms with Gasteiger partial charge in [0.15, 0.2) is 0 Å². The third-order valence-electron chi connectivity index (χ3n) is 7.13. The van der Waals surface area contributed by atoms with Gasteiger partial charge in [-0.25, -0.2) is 4.39 Å². The van der Waals surface area contributed by atoms with E-state index in [1.54, 1.807) is 0 Å². The lowest BCUT2D eigenvalue weighted by atomic mass is 9.40. The fourth-order valence-electron chi connectivity index (χ4n) is 6.28. The van der Waals surface area contributed by atoms with Crippen molar-refractivity contribution in [3.8, 4) is 0 Å². The van der Waals surface area contributed by atoms with Gasteiger partial charge in [0, 0.05) is 0 Å². The van der Waals surface area contributed by atoms with Gasteiger partial charge in [-0.1, -0.05) is 18.6 Å². The maximum absolute atomic E-state index is 13.8. The lowest BCUT2D eigenvalue weighted by Gasteiger charge is -2.63. The molecule has 0 spiro atoms. The Labute approximate surface area is 156 Å². The van der Waals surface area contributed by atoms with E-state index in [1.807, 2.05) is 0 Å². The lowest BCUT2D eigenvalue weighted by molar-refractivity contribution is -0.178. The van der Waals surface area contributed by atoms with Crippen molar-refractivity contribution in [3.05, 3.63) is 11.6 Å². The minimum atomic E-state index is -5.93. The predicted molar refractivity (Wildman–Crippen MR) is 89.1 cm³/mol. The third kappa shape index (κ3) is 2.68. The summed E-state index contributed by atoms with van der Waals surface area (Å²) in [6.45, 7) is 0.690. The summed E-state index contributed by atoms with van der Waals surface area (Å²) < 4.78 is 75.4. The van der Waals surface area contributed by atoms with Crippen LogP contribution in [0.15, 0.2) is 11.6 Å². The van der Waals surface area contributed by atoms with Gasteiger partial charge >= 0.3 is 21.3 Å². The smallest absolute Gasteiger partial charge is 0.403 e. The minimum absolute atomic E-state index is 0.0629. The van der Waals surface area contributed by atoms with Gasteiger partial charge in [-0.2, -0.15) is 17.2 Å².